The van der Waals surface area contributed by atoms with E-state index >= 15 is 0 Å². The molecule has 186 valence electrons. The number of hydrogen-bond donors (Lipinski definition) is 3. The summed E-state index contributed by atoms with van der Waals surface area (Å²) in [6, 6.07) is 9.41. The van der Waals surface area contributed by atoms with Gasteiger partial charge in [0.05, 0.1) is 41.9 Å². The monoisotopic (exact) mass is 566 g/mol. The molecule has 0 amide bonds. The van der Waals surface area contributed by atoms with Crippen LogP contribution in [0.3, 0.4) is 0 Å². The Balaban J connectivity index is 1.65. The number of para-hydroxylation sites is 1. The largest absolute Gasteiger partial charge is 0.494 e. The third kappa shape index (κ3) is 5.64. The summed E-state index contributed by atoms with van der Waals surface area (Å²) in [5, 5.41) is 6.11. The van der Waals surface area contributed by atoms with Gasteiger partial charge in [-0.15, -0.1) is 0 Å². The average molecular weight is 567 g/mol. The molecule has 1 aliphatic heterocycles. The number of hydrogen-bond acceptors (Lipinski definition) is 9. The van der Waals surface area contributed by atoms with Crippen LogP contribution >= 0.6 is 15.9 Å². The van der Waals surface area contributed by atoms with Gasteiger partial charge in [0, 0.05) is 25.4 Å². The summed E-state index contributed by atoms with van der Waals surface area (Å²) >= 11 is 3.39. The van der Waals surface area contributed by atoms with Gasteiger partial charge in [-0.05, 0) is 41.2 Å². The normalized spacial score (nSPS) is 14.0. The zero-order chi connectivity index (χ0) is 25.0. The fourth-order valence-corrected chi connectivity index (χ4v) is 4.71. The Morgan fingerprint density at radius 1 is 1.14 bits per heavy atom. The van der Waals surface area contributed by atoms with Gasteiger partial charge in [0.25, 0.3) is 0 Å². The molecular weight excluding hydrogens is 543 g/mol. The number of ether oxygens (including phenoxy) is 2. The molecule has 0 radical (unpaired) electrons. The lowest BCUT2D eigenvalue weighted by Gasteiger charge is -2.29. The molecule has 3 aromatic rings. The summed E-state index contributed by atoms with van der Waals surface area (Å²) in [6.45, 7) is 2.18. The number of nitrogens with zero attached hydrogens (tertiary/aromatic N) is 3. The van der Waals surface area contributed by atoms with Crippen molar-refractivity contribution >= 4 is 54.8 Å². The molecule has 2 heterocycles. The van der Waals surface area contributed by atoms with Crippen LogP contribution < -0.4 is 25.0 Å². The van der Waals surface area contributed by atoms with Crippen LogP contribution in [0.2, 0.25) is 0 Å². The summed E-state index contributed by atoms with van der Waals surface area (Å²) in [6.07, 6.45) is 1.52. The maximum Gasteiger partial charge on any atom is 0.242 e. The van der Waals surface area contributed by atoms with Crippen molar-refractivity contribution in [3.8, 4) is 5.75 Å². The first-order valence-electron chi connectivity index (χ1n) is 10.6. The fourth-order valence-electron chi connectivity index (χ4n) is 3.53. The molecular formula is C22H24BrFN6O4S. The van der Waals surface area contributed by atoms with Crippen molar-refractivity contribution in [3.63, 3.8) is 0 Å². The summed E-state index contributed by atoms with van der Waals surface area (Å²) in [4.78, 5) is 10.7. The molecule has 4 rings (SSSR count). The van der Waals surface area contributed by atoms with E-state index < -0.39 is 15.8 Å². The van der Waals surface area contributed by atoms with Crippen LogP contribution in [0.4, 0.5) is 33.2 Å². The van der Waals surface area contributed by atoms with Gasteiger partial charge in [-0.1, -0.05) is 12.1 Å². The smallest absolute Gasteiger partial charge is 0.242 e. The molecule has 0 spiro atoms. The van der Waals surface area contributed by atoms with Crippen LogP contribution in [0.5, 0.6) is 5.75 Å². The lowest BCUT2D eigenvalue weighted by Crippen LogP contribution is -2.36. The van der Waals surface area contributed by atoms with Crippen LogP contribution in [0.25, 0.3) is 0 Å². The molecule has 0 saturated carbocycles. The number of methoxy groups -OCH3 is 1. The maximum atomic E-state index is 14.8. The predicted molar refractivity (Wildman–Crippen MR) is 135 cm³/mol. The Bertz CT molecular complexity index is 1320. The minimum atomic E-state index is -3.70. The summed E-state index contributed by atoms with van der Waals surface area (Å²) in [5.41, 5.74) is 1.22. The van der Waals surface area contributed by atoms with Gasteiger partial charge in [-0.25, -0.2) is 22.5 Å². The Morgan fingerprint density at radius 3 is 2.60 bits per heavy atom. The number of morpholine rings is 1. The van der Waals surface area contributed by atoms with E-state index in [1.807, 2.05) is 4.90 Å². The molecule has 0 aliphatic carbocycles. The number of rotatable bonds is 8. The standard InChI is InChI=1S/C22H24BrFN6O4S/c1-25-35(31,32)20-6-4-3-5-16(20)27-21-14(23)13-26-22(29-21)28-17-12-18(15(24)11-19(17)33-2)30-7-9-34-10-8-30/h3-6,11-13,25H,7-10H2,1-2H3,(H2,26,27,28,29). The third-order valence-corrected chi connectivity index (χ3v) is 7.36. The van der Waals surface area contributed by atoms with E-state index in [0.29, 0.717) is 53.7 Å². The average Bonchev–Trinajstić information content (AvgIpc) is 2.87. The van der Waals surface area contributed by atoms with E-state index in [1.165, 1.54) is 32.5 Å². The number of sulfonamides is 1. The SMILES string of the molecule is CNS(=O)(=O)c1ccccc1Nc1nc(Nc2cc(N3CCOCC3)c(F)cc2OC)ncc1Br. The molecule has 1 aromatic heterocycles. The van der Waals surface area contributed by atoms with Gasteiger partial charge in [-0.2, -0.15) is 4.98 Å². The second-order valence-corrected chi connectivity index (χ2v) is 10.2. The van der Waals surface area contributed by atoms with E-state index in [4.69, 9.17) is 9.47 Å². The van der Waals surface area contributed by atoms with Crippen molar-refractivity contribution in [1.82, 2.24) is 14.7 Å². The fraction of sp³-hybridized carbons (Fsp3) is 0.273. The highest BCUT2D eigenvalue weighted by Crippen LogP contribution is 2.35. The topological polar surface area (TPSA) is 118 Å². The highest BCUT2D eigenvalue weighted by Gasteiger charge is 2.20. The van der Waals surface area contributed by atoms with Crippen LogP contribution in [-0.4, -0.2) is 58.8 Å². The van der Waals surface area contributed by atoms with Gasteiger partial charge in [0.1, 0.15) is 22.3 Å². The molecule has 0 unspecified atom stereocenters. The van der Waals surface area contributed by atoms with Gasteiger partial charge in [0.15, 0.2) is 0 Å². The Labute approximate surface area is 211 Å². The Hall–Kier alpha value is -3.00. The van der Waals surface area contributed by atoms with Gasteiger partial charge < -0.3 is 25.0 Å². The molecule has 1 fully saturated rings. The maximum absolute atomic E-state index is 14.8. The van der Waals surface area contributed by atoms with Crippen molar-refractivity contribution in [2.24, 2.45) is 0 Å². The van der Waals surface area contributed by atoms with E-state index in [2.05, 4.69) is 41.3 Å². The summed E-state index contributed by atoms with van der Waals surface area (Å²) < 4.78 is 53.1. The summed E-state index contributed by atoms with van der Waals surface area (Å²) in [5.74, 6) is 0.403. The summed E-state index contributed by atoms with van der Waals surface area (Å²) in [7, 11) is -0.911. The van der Waals surface area contributed by atoms with E-state index in [0.717, 1.165) is 0 Å². The van der Waals surface area contributed by atoms with Crippen molar-refractivity contribution < 1.29 is 22.3 Å². The second kappa shape index (κ2) is 10.7. The third-order valence-electron chi connectivity index (χ3n) is 5.31. The first-order chi connectivity index (χ1) is 16.8. The Morgan fingerprint density at radius 2 is 1.89 bits per heavy atom. The minimum absolute atomic E-state index is 0.0675. The van der Waals surface area contributed by atoms with Crippen molar-refractivity contribution in [2.45, 2.75) is 4.90 Å². The van der Waals surface area contributed by atoms with Crippen LogP contribution in [0.15, 0.2) is 52.0 Å². The van der Waals surface area contributed by atoms with E-state index in [9.17, 15) is 12.8 Å². The molecule has 0 bridgehead atoms. The van der Waals surface area contributed by atoms with Crippen molar-refractivity contribution in [1.29, 1.82) is 0 Å². The number of nitrogens with one attached hydrogen (secondary N) is 3. The van der Waals surface area contributed by atoms with E-state index in [-0.39, 0.29) is 16.6 Å². The molecule has 0 atom stereocenters. The first kappa shape index (κ1) is 25.1. The predicted octanol–water partition coefficient (Wildman–Crippen LogP) is 3.62. The van der Waals surface area contributed by atoms with Crippen LogP contribution in [0, 0.1) is 5.82 Å². The zero-order valence-electron chi connectivity index (χ0n) is 19.0. The number of anilines is 5. The Kier molecular flexibility index (Phi) is 7.69. The molecule has 35 heavy (non-hydrogen) atoms. The molecule has 1 aliphatic rings. The van der Waals surface area contributed by atoms with Crippen LogP contribution in [-0.2, 0) is 14.8 Å². The lowest BCUT2D eigenvalue weighted by molar-refractivity contribution is 0.122. The zero-order valence-corrected chi connectivity index (χ0v) is 21.4. The molecule has 13 heteroatoms. The lowest BCUT2D eigenvalue weighted by atomic mass is 10.2. The first-order valence-corrected chi connectivity index (χ1v) is 12.9. The van der Waals surface area contributed by atoms with E-state index in [1.54, 1.807) is 24.3 Å². The molecule has 3 N–H and O–H groups in total. The second-order valence-electron chi connectivity index (χ2n) is 7.45. The number of halogens is 2. The molecule has 1 saturated heterocycles. The highest BCUT2D eigenvalue weighted by molar-refractivity contribution is 9.10. The van der Waals surface area contributed by atoms with Gasteiger partial charge in [0.2, 0.25) is 16.0 Å². The molecule has 10 nitrogen and oxygen atoms in total. The highest BCUT2D eigenvalue weighted by atomic mass is 79.9. The van der Waals surface area contributed by atoms with Crippen molar-refractivity contribution in [3.05, 3.63) is 52.9 Å². The quantitative estimate of drug-likeness (QED) is 0.375. The molecule has 2 aromatic carbocycles. The number of aromatic nitrogens is 2. The number of benzene rings is 2. The van der Waals surface area contributed by atoms with Gasteiger partial charge >= 0.3 is 0 Å². The van der Waals surface area contributed by atoms with Crippen molar-refractivity contribution in [2.75, 3.05) is 56.0 Å². The minimum Gasteiger partial charge on any atom is -0.494 e. The van der Waals surface area contributed by atoms with Gasteiger partial charge in [-0.3, -0.25) is 0 Å². The van der Waals surface area contributed by atoms with Crippen LogP contribution in [0.1, 0.15) is 0 Å².